The quantitative estimate of drug-likeness (QED) is 0.717. The van der Waals surface area contributed by atoms with Crippen LogP contribution in [0.3, 0.4) is 0 Å². The molecule has 0 spiro atoms. The lowest BCUT2D eigenvalue weighted by Gasteiger charge is -2.19. The molecule has 4 rings (SSSR count). The molecule has 0 fully saturated rings. The topological polar surface area (TPSA) is 72.5 Å². The van der Waals surface area contributed by atoms with Gasteiger partial charge in [0, 0.05) is 16.6 Å². The number of nitrogens with zero attached hydrogens (tertiary/aromatic N) is 1. The summed E-state index contributed by atoms with van der Waals surface area (Å²) in [6.07, 6.45) is 2.04. The Morgan fingerprint density at radius 2 is 1.92 bits per heavy atom. The second-order valence-corrected chi connectivity index (χ2v) is 6.75. The van der Waals surface area contributed by atoms with Gasteiger partial charge in [-0.25, -0.2) is 4.98 Å². The van der Waals surface area contributed by atoms with Crippen molar-refractivity contribution in [2.45, 2.75) is 6.42 Å². The third kappa shape index (κ3) is 3.94. The molecular formula is C19H17N3O3S. The van der Waals surface area contributed by atoms with Crippen molar-refractivity contribution in [2.75, 3.05) is 23.8 Å². The van der Waals surface area contributed by atoms with E-state index < -0.39 is 0 Å². The number of benzene rings is 1. The normalized spacial score (nSPS) is 12.5. The largest absolute Gasteiger partial charge is 0.486 e. The molecule has 0 saturated carbocycles. The van der Waals surface area contributed by atoms with Gasteiger partial charge in [-0.3, -0.25) is 4.79 Å². The summed E-state index contributed by atoms with van der Waals surface area (Å²) in [7, 11) is 0. The van der Waals surface area contributed by atoms with Crippen LogP contribution >= 0.6 is 11.3 Å². The molecule has 0 unspecified atom stereocenters. The minimum absolute atomic E-state index is 0.0764. The Balaban J connectivity index is 1.37. The summed E-state index contributed by atoms with van der Waals surface area (Å²) >= 11 is 1.56. The van der Waals surface area contributed by atoms with E-state index in [0.29, 0.717) is 25.5 Å². The van der Waals surface area contributed by atoms with Crippen molar-refractivity contribution in [2.24, 2.45) is 0 Å². The number of nitrogens with one attached hydrogen (secondary N) is 2. The summed E-state index contributed by atoms with van der Waals surface area (Å²) in [6.45, 7) is 1.13. The highest BCUT2D eigenvalue weighted by Crippen LogP contribution is 2.33. The van der Waals surface area contributed by atoms with Crippen molar-refractivity contribution in [3.8, 4) is 11.5 Å². The fourth-order valence-corrected chi connectivity index (χ4v) is 3.29. The van der Waals surface area contributed by atoms with Crippen molar-refractivity contribution < 1.29 is 14.3 Å². The van der Waals surface area contributed by atoms with Crippen molar-refractivity contribution in [3.05, 3.63) is 58.9 Å². The number of hydrogen-bond acceptors (Lipinski definition) is 6. The zero-order valence-electron chi connectivity index (χ0n) is 13.9. The molecule has 2 aromatic heterocycles. The summed E-state index contributed by atoms with van der Waals surface area (Å²) in [4.78, 5) is 17.3. The third-order valence-electron chi connectivity index (χ3n) is 3.78. The predicted molar refractivity (Wildman–Crippen MR) is 102 cm³/mol. The van der Waals surface area contributed by atoms with Crippen LogP contribution in [-0.4, -0.2) is 24.1 Å². The smallest absolute Gasteiger partial charge is 0.230 e. The number of anilines is 3. The molecule has 26 heavy (non-hydrogen) atoms. The molecule has 0 aliphatic carbocycles. The lowest BCUT2D eigenvalue weighted by Crippen LogP contribution is -2.15. The molecular weight excluding hydrogens is 350 g/mol. The van der Waals surface area contributed by atoms with Gasteiger partial charge in [0.05, 0.1) is 18.3 Å². The van der Waals surface area contributed by atoms with Crippen LogP contribution < -0.4 is 20.1 Å². The summed E-state index contributed by atoms with van der Waals surface area (Å²) in [6, 6.07) is 13.2. The maximum atomic E-state index is 12.0. The molecule has 3 aromatic rings. The summed E-state index contributed by atoms with van der Waals surface area (Å²) in [5, 5.41) is 8.02. The third-order valence-corrected chi connectivity index (χ3v) is 4.65. The summed E-state index contributed by atoms with van der Waals surface area (Å²) in [5.41, 5.74) is 1.70. The molecule has 0 radical (unpaired) electrons. The first-order valence-corrected chi connectivity index (χ1v) is 9.09. The SMILES string of the molecule is O=C(Cc1cccs1)Nc1ccc(Nc2ccc3c(c2)OCCO3)cn1. The van der Waals surface area contributed by atoms with Crippen molar-refractivity contribution in [1.82, 2.24) is 4.98 Å². The van der Waals surface area contributed by atoms with Gasteiger partial charge in [0.25, 0.3) is 0 Å². The molecule has 1 aliphatic rings. The van der Waals surface area contributed by atoms with Crippen LogP contribution in [0.15, 0.2) is 54.0 Å². The van der Waals surface area contributed by atoms with Crippen LogP contribution in [0, 0.1) is 0 Å². The average Bonchev–Trinajstić information content (AvgIpc) is 3.16. The lowest BCUT2D eigenvalue weighted by atomic mass is 10.2. The second kappa shape index (κ2) is 7.45. The van der Waals surface area contributed by atoms with Crippen molar-refractivity contribution in [1.29, 1.82) is 0 Å². The summed E-state index contributed by atoms with van der Waals surface area (Å²) in [5.74, 6) is 1.93. The first-order chi connectivity index (χ1) is 12.8. The van der Waals surface area contributed by atoms with E-state index in [1.807, 2.05) is 41.8 Å². The Hall–Kier alpha value is -3.06. The van der Waals surface area contributed by atoms with Crippen LogP contribution in [0.25, 0.3) is 0 Å². The van der Waals surface area contributed by atoms with Crippen LogP contribution in [0.2, 0.25) is 0 Å². The van der Waals surface area contributed by atoms with E-state index in [1.165, 1.54) is 0 Å². The fourth-order valence-electron chi connectivity index (χ4n) is 2.59. The molecule has 1 aromatic carbocycles. The van der Waals surface area contributed by atoms with Crippen molar-refractivity contribution in [3.63, 3.8) is 0 Å². The number of pyridine rings is 1. The van der Waals surface area contributed by atoms with Crippen LogP contribution in [0.1, 0.15) is 4.88 Å². The van der Waals surface area contributed by atoms with Crippen LogP contribution in [-0.2, 0) is 11.2 Å². The average molecular weight is 367 g/mol. The minimum atomic E-state index is -0.0764. The van der Waals surface area contributed by atoms with Crippen molar-refractivity contribution >= 4 is 34.4 Å². The number of amides is 1. The van der Waals surface area contributed by atoms with Gasteiger partial charge in [-0.2, -0.15) is 0 Å². The van der Waals surface area contributed by atoms with E-state index >= 15 is 0 Å². The van der Waals surface area contributed by atoms with E-state index in [4.69, 9.17) is 9.47 Å². The number of hydrogen-bond donors (Lipinski definition) is 2. The number of thiophene rings is 1. The maximum Gasteiger partial charge on any atom is 0.230 e. The first kappa shape index (κ1) is 16.4. The number of rotatable bonds is 5. The fraction of sp³-hybridized carbons (Fsp3) is 0.158. The zero-order chi connectivity index (χ0) is 17.8. The Labute approximate surface area is 154 Å². The van der Waals surface area contributed by atoms with Gasteiger partial charge < -0.3 is 20.1 Å². The van der Waals surface area contributed by atoms with Gasteiger partial charge in [0.2, 0.25) is 5.91 Å². The van der Waals surface area contributed by atoms with E-state index in [-0.39, 0.29) is 5.91 Å². The highest BCUT2D eigenvalue weighted by atomic mass is 32.1. The van der Waals surface area contributed by atoms with E-state index in [0.717, 1.165) is 27.8 Å². The molecule has 0 atom stereocenters. The van der Waals surface area contributed by atoms with Crippen LogP contribution in [0.5, 0.6) is 11.5 Å². The zero-order valence-corrected chi connectivity index (χ0v) is 14.7. The molecule has 1 amide bonds. The predicted octanol–water partition coefficient (Wildman–Crippen LogP) is 3.84. The standard InChI is InChI=1S/C19H17N3O3S/c23-19(11-15-2-1-9-26-15)22-18-6-4-14(12-20-18)21-13-3-5-16-17(10-13)25-8-7-24-16/h1-6,9-10,12,21H,7-8,11H2,(H,20,22,23). The molecule has 132 valence electrons. The first-order valence-electron chi connectivity index (χ1n) is 8.21. The van der Waals surface area contributed by atoms with E-state index in [2.05, 4.69) is 15.6 Å². The number of carbonyl (C=O) groups is 1. The number of carbonyl (C=O) groups excluding carboxylic acids is 1. The van der Waals surface area contributed by atoms with Gasteiger partial charge in [0.15, 0.2) is 11.5 Å². The van der Waals surface area contributed by atoms with E-state index in [1.54, 1.807) is 23.6 Å². The van der Waals surface area contributed by atoms with Gasteiger partial charge in [-0.1, -0.05) is 6.07 Å². The number of aromatic nitrogens is 1. The summed E-state index contributed by atoms with van der Waals surface area (Å²) < 4.78 is 11.1. The van der Waals surface area contributed by atoms with Gasteiger partial charge in [-0.05, 0) is 35.7 Å². The van der Waals surface area contributed by atoms with Crippen LogP contribution in [0.4, 0.5) is 17.2 Å². The van der Waals surface area contributed by atoms with Gasteiger partial charge in [-0.15, -0.1) is 11.3 Å². The van der Waals surface area contributed by atoms with Gasteiger partial charge >= 0.3 is 0 Å². The van der Waals surface area contributed by atoms with E-state index in [9.17, 15) is 4.79 Å². The molecule has 0 saturated heterocycles. The molecule has 3 heterocycles. The Morgan fingerprint density at radius 3 is 2.69 bits per heavy atom. The highest BCUT2D eigenvalue weighted by Gasteiger charge is 2.12. The molecule has 7 heteroatoms. The molecule has 1 aliphatic heterocycles. The minimum Gasteiger partial charge on any atom is -0.486 e. The highest BCUT2D eigenvalue weighted by molar-refractivity contribution is 7.10. The lowest BCUT2D eigenvalue weighted by molar-refractivity contribution is -0.115. The molecule has 6 nitrogen and oxygen atoms in total. The molecule has 2 N–H and O–H groups in total. The Morgan fingerprint density at radius 1 is 1.08 bits per heavy atom. The van der Waals surface area contributed by atoms with Gasteiger partial charge in [0.1, 0.15) is 19.0 Å². The Kier molecular flexibility index (Phi) is 4.70. The monoisotopic (exact) mass is 367 g/mol. The second-order valence-electron chi connectivity index (χ2n) is 5.72. The number of fused-ring (bicyclic) bond motifs is 1. The maximum absolute atomic E-state index is 12.0. The molecule has 0 bridgehead atoms. The Bertz CT molecular complexity index is 895. The number of ether oxygens (including phenoxy) is 2.